The standard InChI is InChI=1S/C17H9Cl2F3N2O3/c18-11-5-6-14(12(19)7-11)26-8-13(25)9-1-3-10(4-2-9)15-23-16(27-24-15)17(20,21)22/h1-7H,8H2. The number of carbonyl (C=O) groups is 1. The second-order valence-corrected chi connectivity index (χ2v) is 6.13. The van der Waals surface area contributed by atoms with Crippen LogP contribution >= 0.6 is 23.2 Å². The number of Topliss-reactive ketones (excluding diaryl/α,β-unsaturated/α-hetero) is 1. The number of hydrogen-bond donors (Lipinski definition) is 0. The van der Waals surface area contributed by atoms with Gasteiger partial charge in [0, 0.05) is 16.1 Å². The monoisotopic (exact) mass is 416 g/mol. The van der Waals surface area contributed by atoms with Crippen LogP contribution in [-0.2, 0) is 6.18 Å². The molecule has 0 aliphatic carbocycles. The number of hydrogen-bond acceptors (Lipinski definition) is 5. The van der Waals surface area contributed by atoms with Gasteiger partial charge in [-0.1, -0.05) is 52.6 Å². The number of alkyl halides is 3. The Morgan fingerprint density at radius 2 is 1.81 bits per heavy atom. The van der Waals surface area contributed by atoms with E-state index in [2.05, 4.69) is 14.7 Å². The van der Waals surface area contributed by atoms with Crippen molar-refractivity contribution in [2.24, 2.45) is 0 Å². The minimum atomic E-state index is -4.72. The minimum Gasteiger partial charge on any atom is -0.484 e. The van der Waals surface area contributed by atoms with E-state index in [1.165, 1.54) is 36.4 Å². The first-order valence-electron chi connectivity index (χ1n) is 7.36. The lowest BCUT2D eigenvalue weighted by Crippen LogP contribution is -2.11. The Bertz CT molecular complexity index is 972. The summed E-state index contributed by atoms with van der Waals surface area (Å²) in [7, 11) is 0. The predicted molar refractivity (Wildman–Crippen MR) is 91.0 cm³/mol. The Morgan fingerprint density at radius 1 is 1.11 bits per heavy atom. The molecule has 0 fully saturated rings. The number of nitrogens with zero attached hydrogens (tertiary/aromatic N) is 2. The average Bonchev–Trinajstić information content (AvgIpc) is 3.11. The van der Waals surface area contributed by atoms with Crippen molar-refractivity contribution in [3.05, 3.63) is 64.0 Å². The van der Waals surface area contributed by atoms with Gasteiger partial charge >= 0.3 is 12.1 Å². The molecule has 1 aromatic heterocycles. The Morgan fingerprint density at radius 3 is 2.41 bits per heavy atom. The Balaban J connectivity index is 1.67. The zero-order chi connectivity index (χ0) is 19.6. The Hall–Kier alpha value is -2.58. The largest absolute Gasteiger partial charge is 0.484 e. The second-order valence-electron chi connectivity index (χ2n) is 5.28. The van der Waals surface area contributed by atoms with E-state index >= 15 is 0 Å². The van der Waals surface area contributed by atoms with Gasteiger partial charge in [-0.25, -0.2) is 0 Å². The normalized spacial score (nSPS) is 11.4. The third-order valence-corrected chi connectivity index (χ3v) is 3.92. The lowest BCUT2D eigenvalue weighted by molar-refractivity contribution is -0.159. The van der Waals surface area contributed by atoms with E-state index in [0.29, 0.717) is 16.3 Å². The summed E-state index contributed by atoms with van der Waals surface area (Å²) in [5, 5.41) is 3.98. The van der Waals surface area contributed by atoms with Crippen LogP contribution in [0.15, 0.2) is 47.0 Å². The zero-order valence-corrected chi connectivity index (χ0v) is 14.8. The highest BCUT2D eigenvalue weighted by molar-refractivity contribution is 6.35. The van der Waals surface area contributed by atoms with Gasteiger partial charge in [-0.2, -0.15) is 18.2 Å². The number of benzene rings is 2. The van der Waals surface area contributed by atoms with Crippen LogP contribution in [0.1, 0.15) is 16.2 Å². The van der Waals surface area contributed by atoms with E-state index in [1.807, 2.05) is 0 Å². The van der Waals surface area contributed by atoms with Gasteiger partial charge in [0.1, 0.15) is 5.75 Å². The van der Waals surface area contributed by atoms with Gasteiger partial charge in [-0.15, -0.1) is 0 Å². The summed E-state index contributed by atoms with van der Waals surface area (Å²) in [6.07, 6.45) is -4.72. The molecule has 0 N–H and O–H groups in total. The maximum atomic E-state index is 12.5. The van der Waals surface area contributed by atoms with Gasteiger partial charge in [-0.05, 0) is 18.2 Å². The summed E-state index contributed by atoms with van der Waals surface area (Å²) in [5.41, 5.74) is 0.566. The summed E-state index contributed by atoms with van der Waals surface area (Å²) in [6, 6.07) is 10.3. The van der Waals surface area contributed by atoms with Gasteiger partial charge in [0.2, 0.25) is 5.82 Å². The summed E-state index contributed by atoms with van der Waals surface area (Å²) in [4.78, 5) is 15.5. The van der Waals surface area contributed by atoms with Crippen molar-refractivity contribution in [3.8, 4) is 17.1 Å². The van der Waals surface area contributed by atoms with Crippen molar-refractivity contribution in [1.29, 1.82) is 0 Å². The summed E-state index contributed by atoms with van der Waals surface area (Å²) in [5.74, 6) is -1.72. The molecule has 0 saturated carbocycles. The fourth-order valence-corrected chi connectivity index (χ4v) is 2.54. The molecule has 0 aliphatic heterocycles. The van der Waals surface area contributed by atoms with Crippen LogP contribution in [0, 0.1) is 0 Å². The molecular formula is C17H9Cl2F3N2O3. The third-order valence-electron chi connectivity index (χ3n) is 3.39. The molecule has 0 aliphatic rings. The van der Waals surface area contributed by atoms with Crippen LogP contribution < -0.4 is 4.74 Å². The third kappa shape index (κ3) is 4.58. The summed E-state index contributed by atoms with van der Waals surface area (Å²) >= 11 is 11.7. The van der Waals surface area contributed by atoms with E-state index in [4.69, 9.17) is 27.9 Å². The van der Waals surface area contributed by atoms with Gasteiger partial charge in [-0.3, -0.25) is 4.79 Å². The second kappa shape index (κ2) is 7.58. The Labute approximate surface area is 160 Å². The molecule has 3 aromatic rings. The van der Waals surface area contributed by atoms with E-state index in [9.17, 15) is 18.0 Å². The van der Waals surface area contributed by atoms with Crippen molar-refractivity contribution in [1.82, 2.24) is 10.1 Å². The molecule has 0 saturated heterocycles. The molecule has 0 unspecified atom stereocenters. The van der Waals surface area contributed by atoms with Crippen molar-refractivity contribution in [2.75, 3.05) is 6.61 Å². The number of carbonyl (C=O) groups excluding carboxylic acids is 1. The maximum Gasteiger partial charge on any atom is 0.471 e. The quantitative estimate of drug-likeness (QED) is 0.526. The molecule has 0 spiro atoms. The van der Waals surface area contributed by atoms with Crippen molar-refractivity contribution in [2.45, 2.75) is 6.18 Å². The van der Waals surface area contributed by atoms with Gasteiger partial charge < -0.3 is 9.26 Å². The number of halogens is 5. The highest BCUT2D eigenvalue weighted by atomic mass is 35.5. The van der Waals surface area contributed by atoms with E-state index < -0.39 is 12.1 Å². The molecule has 5 nitrogen and oxygen atoms in total. The molecule has 1 heterocycles. The molecule has 0 radical (unpaired) electrons. The van der Waals surface area contributed by atoms with Crippen LogP contribution in [0.4, 0.5) is 13.2 Å². The molecular weight excluding hydrogens is 408 g/mol. The van der Waals surface area contributed by atoms with E-state index in [1.54, 1.807) is 6.07 Å². The SMILES string of the molecule is O=C(COc1ccc(Cl)cc1Cl)c1ccc(-c2noc(C(F)(F)F)n2)cc1. The highest BCUT2D eigenvalue weighted by Crippen LogP contribution is 2.30. The molecule has 140 valence electrons. The molecule has 0 amide bonds. The fourth-order valence-electron chi connectivity index (χ4n) is 2.08. The number of aromatic nitrogens is 2. The van der Waals surface area contributed by atoms with Gasteiger partial charge in [0.05, 0.1) is 5.02 Å². The molecule has 0 bridgehead atoms. The predicted octanol–water partition coefficient (Wildman–Crippen LogP) is 5.32. The topological polar surface area (TPSA) is 65.2 Å². The average molecular weight is 417 g/mol. The van der Waals surface area contributed by atoms with Crippen molar-refractivity contribution >= 4 is 29.0 Å². The maximum absolute atomic E-state index is 12.5. The number of ketones is 1. The van der Waals surface area contributed by atoms with Gasteiger partial charge in [0.25, 0.3) is 0 Å². The molecule has 3 rings (SSSR count). The van der Waals surface area contributed by atoms with Crippen molar-refractivity contribution in [3.63, 3.8) is 0 Å². The lowest BCUT2D eigenvalue weighted by atomic mass is 10.1. The molecule has 27 heavy (non-hydrogen) atoms. The van der Waals surface area contributed by atoms with Crippen LogP contribution in [-0.4, -0.2) is 22.5 Å². The summed E-state index contributed by atoms with van der Waals surface area (Å²) in [6.45, 7) is -0.277. The highest BCUT2D eigenvalue weighted by Gasteiger charge is 2.38. The van der Waals surface area contributed by atoms with Gasteiger partial charge in [0.15, 0.2) is 12.4 Å². The van der Waals surface area contributed by atoms with Crippen LogP contribution in [0.2, 0.25) is 10.0 Å². The van der Waals surface area contributed by atoms with Crippen LogP contribution in [0.25, 0.3) is 11.4 Å². The smallest absolute Gasteiger partial charge is 0.471 e. The number of ether oxygens (including phenoxy) is 1. The van der Waals surface area contributed by atoms with E-state index in [0.717, 1.165) is 0 Å². The molecule has 10 heteroatoms. The first kappa shape index (κ1) is 19.2. The molecule has 2 aromatic carbocycles. The Kier molecular flexibility index (Phi) is 5.38. The molecule has 0 atom stereocenters. The summed E-state index contributed by atoms with van der Waals surface area (Å²) < 4.78 is 47.0. The van der Waals surface area contributed by atoms with Crippen LogP contribution in [0.3, 0.4) is 0 Å². The fraction of sp³-hybridized carbons (Fsp3) is 0.118. The number of rotatable bonds is 5. The zero-order valence-electron chi connectivity index (χ0n) is 13.3. The first-order chi connectivity index (χ1) is 12.7. The van der Waals surface area contributed by atoms with E-state index in [-0.39, 0.29) is 28.8 Å². The first-order valence-corrected chi connectivity index (χ1v) is 8.12. The van der Waals surface area contributed by atoms with Crippen LogP contribution in [0.5, 0.6) is 5.75 Å². The minimum absolute atomic E-state index is 0.231. The van der Waals surface area contributed by atoms with Crippen molar-refractivity contribution < 1.29 is 27.2 Å². The lowest BCUT2D eigenvalue weighted by Gasteiger charge is -2.08.